The fourth-order valence-corrected chi connectivity index (χ4v) is 5.26. The number of aromatic hydroxyl groups is 2. The molecule has 0 bridgehead atoms. The van der Waals surface area contributed by atoms with E-state index in [9.17, 15) is 10.2 Å². The van der Waals surface area contributed by atoms with Gasteiger partial charge in [-0.25, -0.2) is 0 Å². The smallest absolute Gasteiger partial charge is 0.150 e. The van der Waals surface area contributed by atoms with Crippen LogP contribution in [-0.4, -0.2) is 40.3 Å². The minimum Gasteiger partial charge on any atom is -0.508 e. The highest BCUT2D eigenvalue weighted by Crippen LogP contribution is 2.47. The molecule has 3 aromatic carbocycles. The first-order chi connectivity index (χ1) is 17.0. The number of allylic oxidation sites excluding steroid dienone is 1. The highest BCUT2D eigenvalue weighted by Gasteiger charge is 2.29. The molecule has 5 rings (SSSR count). The number of likely N-dealkylation sites (tertiary alicyclic amines) is 1. The first kappa shape index (κ1) is 23.6. The molecule has 2 aliphatic rings. The second-order valence-electron chi connectivity index (χ2n) is 9.15. The molecule has 0 amide bonds. The summed E-state index contributed by atoms with van der Waals surface area (Å²) >= 11 is 6.42. The Kier molecular flexibility index (Phi) is 6.89. The highest BCUT2D eigenvalue weighted by molar-refractivity contribution is 6.20. The molecular weight excluding hydrogens is 462 g/mol. The number of ether oxygens (including phenoxy) is 2. The average Bonchev–Trinajstić information content (AvgIpc) is 2.86. The minimum absolute atomic E-state index is 0.105. The summed E-state index contributed by atoms with van der Waals surface area (Å²) in [5.41, 5.74) is 5.09. The van der Waals surface area contributed by atoms with E-state index < -0.39 is 0 Å². The fourth-order valence-electron chi connectivity index (χ4n) is 4.91. The number of fused-ring (bicyclic) bond motifs is 1. The molecule has 0 radical (unpaired) electrons. The molecule has 2 aliphatic heterocycles. The molecule has 0 aromatic heterocycles. The molecule has 1 fully saturated rings. The van der Waals surface area contributed by atoms with Gasteiger partial charge in [0.25, 0.3) is 0 Å². The monoisotopic (exact) mass is 491 g/mol. The molecule has 182 valence electrons. The van der Waals surface area contributed by atoms with Crippen LogP contribution in [0.2, 0.25) is 0 Å². The number of phenols is 2. The van der Waals surface area contributed by atoms with Crippen LogP contribution in [0.25, 0.3) is 11.1 Å². The molecule has 2 N–H and O–H groups in total. The summed E-state index contributed by atoms with van der Waals surface area (Å²) in [5.74, 6) is 1.84. The van der Waals surface area contributed by atoms with Gasteiger partial charge >= 0.3 is 0 Å². The van der Waals surface area contributed by atoms with Crippen molar-refractivity contribution in [1.82, 2.24) is 4.90 Å². The predicted octanol–water partition coefficient (Wildman–Crippen LogP) is 6.59. The lowest BCUT2D eigenvalue weighted by atomic mass is 9.86. The molecule has 3 aromatic rings. The lowest BCUT2D eigenvalue weighted by Gasteiger charge is -2.31. The number of benzene rings is 3. The van der Waals surface area contributed by atoms with Crippen LogP contribution in [0.15, 0.2) is 66.7 Å². The Morgan fingerprint density at radius 3 is 2.46 bits per heavy atom. The molecule has 0 saturated carbocycles. The van der Waals surface area contributed by atoms with Gasteiger partial charge in [0.2, 0.25) is 0 Å². The molecule has 2 atom stereocenters. The van der Waals surface area contributed by atoms with Gasteiger partial charge in [-0.1, -0.05) is 24.3 Å². The van der Waals surface area contributed by atoms with Crippen LogP contribution in [0.5, 0.6) is 23.0 Å². The molecule has 0 aliphatic carbocycles. The van der Waals surface area contributed by atoms with Crippen LogP contribution in [0.1, 0.15) is 49.0 Å². The normalized spacial score (nSPS) is 20.3. The van der Waals surface area contributed by atoms with Crippen LogP contribution in [0.3, 0.4) is 0 Å². The molecule has 1 unspecified atom stereocenters. The number of piperidine rings is 1. The van der Waals surface area contributed by atoms with Gasteiger partial charge in [0.05, 0.1) is 5.50 Å². The zero-order valence-electron chi connectivity index (χ0n) is 19.8. The number of rotatable bonds is 6. The predicted molar refractivity (Wildman–Crippen MR) is 139 cm³/mol. The summed E-state index contributed by atoms with van der Waals surface area (Å²) in [4.78, 5) is 2.28. The number of phenolic OH excluding ortho intramolecular Hbond substituents is 2. The molecule has 5 nitrogen and oxygen atoms in total. The van der Waals surface area contributed by atoms with E-state index in [2.05, 4.69) is 11.8 Å². The second kappa shape index (κ2) is 10.2. The van der Waals surface area contributed by atoms with Crippen LogP contribution in [0, 0.1) is 0 Å². The quantitative estimate of drug-likeness (QED) is 0.301. The minimum atomic E-state index is -0.367. The Labute approximate surface area is 211 Å². The zero-order chi connectivity index (χ0) is 24.4. The third kappa shape index (κ3) is 5.12. The van der Waals surface area contributed by atoms with Gasteiger partial charge in [-0.05, 0) is 85.8 Å². The van der Waals surface area contributed by atoms with Crippen LogP contribution in [0.4, 0.5) is 0 Å². The first-order valence-electron chi connectivity index (χ1n) is 12.1. The Balaban J connectivity index is 1.38. The van der Waals surface area contributed by atoms with Crippen molar-refractivity contribution in [2.24, 2.45) is 0 Å². The topological polar surface area (TPSA) is 62.2 Å². The number of hydrogen-bond donors (Lipinski definition) is 2. The average molecular weight is 492 g/mol. The molecule has 1 saturated heterocycles. The molecule has 2 heterocycles. The molecule has 0 spiro atoms. The Hall–Kier alpha value is -3.15. The van der Waals surface area contributed by atoms with E-state index in [1.807, 2.05) is 42.5 Å². The van der Waals surface area contributed by atoms with Gasteiger partial charge in [-0.2, -0.15) is 0 Å². The summed E-state index contributed by atoms with van der Waals surface area (Å²) < 4.78 is 12.4. The van der Waals surface area contributed by atoms with Gasteiger partial charge < -0.3 is 19.7 Å². The van der Waals surface area contributed by atoms with Crippen LogP contribution >= 0.6 is 11.6 Å². The Morgan fingerprint density at radius 2 is 1.71 bits per heavy atom. The Morgan fingerprint density at radius 1 is 0.971 bits per heavy atom. The molecular formula is C29H30ClNO4. The maximum atomic E-state index is 10.0. The van der Waals surface area contributed by atoms with E-state index >= 15 is 0 Å². The van der Waals surface area contributed by atoms with Gasteiger partial charge in [0.1, 0.15) is 35.7 Å². The number of nitrogens with zero attached hydrogens (tertiary/aromatic N) is 1. The van der Waals surface area contributed by atoms with Crippen molar-refractivity contribution in [2.45, 2.75) is 37.8 Å². The van der Waals surface area contributed by atoms with Gasteiger partial charge in [-0.15, -0.1) is 11.6 Å². The standard InChI is InChI=1S/C29H30ClNO4/c1-19-25-14-11-23(33)18-26(25)35-29(28(19)20-5-9-22(32)10-6-20)21-7-12-24(13-8-21)34-17-16-31-15-3-2-4-27(31)30/h5-14,18,27,29,32-33H,2-4,15-17H2,1H3/t27?,29-/m0/s1. The summed E-state index contributed by atoms with van der Waals surface area (Å²) in [6, 6.07) is 20.3. The molecule has 35 heavy (non-hydrogen) atoms. The van der Waals surface area contributed by atoms with Crippen molar-refractivity contribution >= 4 is 22.7 Å². The number of alkyl halides is 1. The van der Waals surface area contributed by atoms with Crippen molar-refractivity contribution in [3.63, 3.8) is 0 Å². The maximum absolute atomic E-state index is 10.0. The van der Waals surface area contributed by atoms with Crippen molar-refractivity contribution in [3.8, 4) is 23.0 Å². The van der Waals surface area contributed by atoms with E-state index in [0.717, 1.165) is 53.1 Å². The van der Waals surface area contributed by atoms with Gasteiger partial charge in [-0.3, -0.25) is 4.90 Å². The van der Waals surface area contributed by atoms with Crippen LogP contribution < -0.4 is 9.47 Å². The number of halogens is 1. The summed E-state index contributed by atoms with van der Waals surface area (Å²) in [7, 11) is 0. The van der Waals surface area contributed by atoms with Crippen molar-refractivity contribution in [2.75, 3.05) is 19.7 Å². The number of hydrogen-bond acceptors (Lipinski definition) is 5. The van der Waals surface area contributed by atoms with E-state index in [1.54, 1.807) is 24.3 Å². The van der Waals surface area contributed by atoms with Crippen molar-refractivity contribution in [1.29, 1.82) is 0 Å². The third-order valence-corrected chi connectivity index (χ3v) is 7.32. The lowest BCUT2D eigenvalue weighted by molar-refractivity contribution is 0.164. The van der Waals surface area contributed by atoms with Gasteiger partial charge in [0, 0.05) is 23.7 Å². The maximum Gasteiger partial charge on any atom is 0.150 e. The fraction of sp³-hybridized carbons (Fsp3) is 0.310. The highest BCUT2D eigenvalue weighted by atomic mass is 35.5. The lowest BCUT2D eigenvalue weighted by Crippen LogP contribution is -2.38. The van der Waals surface area contributed by atoms with E-state index in [-0.39, 0.29) is 23.1 Å². The van der Waals surface area contributed by atoms with E-state index in [0.29, 0.717) is 12.4 Å². The summed E-state index contributed by atoms with van der Waals surface area (Å²) in [6.45, 7) is 4.50. The Bertz CT molecular complexity index is 1210. The first-order valence-corrected chi connectivity index (χ1v) is 12.5. The van der Waals surface area contributed by atoms with Crippen molar-refractivity contribution in [3.05, 3.63) is 83.4 Å². The summed E-state index contributed by atoms with van der Waals surface area (Å²) in [5, 5.41) is 19.8. The van der Waals surface area contributed by atoms with Crippen LogP contribution in [-0.2, 0) is 0 Å². The van der Waals surface area contributed by atoms with E-state index in [4.69, 9.17) is 21.1 Å². The summed E-state index contributed by atoms with van der Waals surface area (Å²) in [6.07, 6.45) is 3.05. The second-order valence-corrected chi connectivity index (χ2v) is 9.65. The zero-order valence-corrected chi connectivity index (χ0v) is 20.5. The van der Waals surface area contributed by atoms with Crippen molar-refractivity contribution < 1.29 is 19.7 Å². The van der Waals surface area contributed by atoms with E-state index in [1.165, 1.54) is 12.8 Å². The largest absolute Gasteiger partial charge is 0.508 e. The molecule has 6 heteroatoms. The van der Waals surface area contributed by atoms with Gasteiger partial charge in [0.15, 0.2) is 0 Å². The third-order valence-electron chi connectivity index (χ3n) is 6.82. The SMILES string of the molecule is CC1=C(c2ccc(O)cc2)[C@H](c2ccc(OCCN3CCCCC3Cl)cc2)Oc2cc(O)ccc21.